The summed E-state index contributed by atoms with van der Waals surface area (Å²) < 4.78 is 56.2. The summed E-state index contributed by atoms with van der Waals surface area (Å²) in [6, 6.07) is 29.1. The Bertz CT molecular complexity index is 1880. The number of rotatable bonds is 9. The minimum Gasteiger partial charge on any atom is -0.465 e. The van der Waals surface area contributed by atoms with Gasteiger partial charge in [-0.25, -0.2) is 4.79 Å². The van der Waals surface area contributed by atoms with Crippen LogP contribution < -0.4 is 5.32 Å². The van der Waals surface area contributed by atoms with Crippen LogP contribution in [0.1, 0.15) is 49.5 Å². The van der Waals surface area contributed by atoms with Crippen LogP contribution in [0.3, 0.4) is 0 Å². The number of amides is 1. The summed E-state index contributed by atoms with van der Waals surface area (Å²) in [5.74, 6) is 0.0944. The predicted octanol–water partition coefficient (Wildman–Crippen LogP) is 9.60. The fourth-order valence-corrected chi connectivity index (χ4v) is 5.52. The van der Waals surface area contributed by atoms with Crippen LogP contribution in [0.15, 0.2) is 108 Å². The van der Waals surface area contributed by atoms with Crippen LogP contribution >= 0.6 is 0 Å². The third kappa shape index (κ3) is 6.63. The van der Waals surface area contributed by atoms with Crippen molar-refractivity contribution in [3.63, 3.8) is 0 Å². The van der Waals surface area contributed by atoms with Crippen LogP contribution in [0.25, 0.3) is 33.7 Å². The smallest absolute Gasteiger partial charge is 0.416 e. The number of nitrogens with zero attached hydrogens (tertiary/aromatic N) is 1. The lowest BCUT2D eigenvalue weighted by Crippen LogP contribution is -2.23. The molecule has 5 aromatic rings. The largest absolute Gasteiger partial charge is 0.465 e. The molecular weight excluding hydrogens is 609 g/mol. The molecule has 7 nitrogen and oxygen atoms in total. The van der Waals surface area contributed by atoms with Gasteiger partial charge in [0.2, 0.25) is 0 Å². The average Bonchev–Trinajstić information content (AvgIpc) is 3.80. The molecule has 1 heterocycles. The maximum Gasteiger partial charge on any atom is 0.416 e. The van der Waals surface area contributed by atoms with Gasteiger partial charge in [-0.3, -0.25) is 10.1 Å². The number of halogens is 3. The minimum atomic E-state index is -4.53. The number of anilines is 1. The molecule has 1 unspecified atom stereocenters. The van der Waals surface area contributed by atoms with E-state index in [1.54, 1.807) is 6.92 Å². The molecule has 1 aliphatic rings. The topological polar surface area (TPSA) is 90.7 Å². The molecule has 1 fully saturated rings. The van der Waals surface area contributed by atoms with Crippen LogP contribution in [0.5, 0.6) is 0 Å². The quantitative estimate of drug-likeness (QED) is 0.161. The fourth-order valence-electron chi connectivity index (χ4n) is 5.52. The molecule has 0 spiro atoms. The first-order valence-corrected chi connectivity index (χ1v) is 15.2. The molecule has 1 aliphatic carbocycles. The summed E-state index contributed by atoms with van der Waals surface area (Å²) in [5.41, 5.74) is 3.55. The lowest BCUT2D eigenvalue weighted by Gasteiger charge is -2.16. The van der Waals surface area contributed by atoms with E-state index in [-0.39, 0.29) is 23.0 Å². The van der Waals surface area contributed by atoms with Gasteiger partial charge in [0.15, 0.2) is 5.76 Å². The van der Waals surface area contributed by atoms with Crippen molar-refractivity contribution in [1.29, 1.82) is 0 Å². The molecular formula is C37H31F3N2O5. The van der Waals surface area contributed by atoms with Gasteiger partial charge in [-0.05, 0) is 61.1 Å². The zero-order valence-corrected chi connectivity index (χ0v) is 25.6. The number of carbonyl (C=O) groups is 2. The van der Waals surface area contributed by atoms with E-state index in [1.165, 1.54) is 19.1 Å². The van der Waals surface area contributed by atoms with E-state index in [9.17, 15) is 22.8 Å². The highest BCUT2D eigenvalue weighted by atomic mass is 19.4. The molecule has 0 saturated heterocycles. The van der Waals surface area contributed by atoms with Gasteiger partial charge in [-0.1, -0.05) is 96.2 Å². The summed E-state index contributed by atoms with van der Waals surface area (Å²) in [6.45, 7) is 3.65. The van der Waals surface area contributed by atoms with Crippen molar-refractivity contribution < 1.29 is 36.8 Å². The predicted molar refractivity (Wildman–Crippen MR) is 170 cm³/mol. The van der Waals surface area contributed by atoms with Gasteiger partial charge in [0.1, 0.15) is 17.5 Å². The van der Waals surface area contributed by atoms with Gasteiger partial charge in [0, 0.05) is 11.1 Å². The van der Waals surface area contributed by atoms with E-state index in [0.717, 1.165) is 41.7 Å². The van der Waals surface area contributed by atoms with Gasteiger partial charge in [0.05, 0.1) is 17.6 Å². The molecule has 0 bridgehead atoms. The highest BCUT2D eigenvalue weighted by Gasteiger charge is 2.52. The molecule has 1 N–H and O–H groups in total. The first-order chi connectivity index (χ1) is 22.6. The Balaban J connectivity index is 1.24. The third-order valence-electron chi connectivity index (χ3n) is 8.27. The van der Waals surface area contributed by atoms with Crippen molar-refractivity contribution in [2.45, 2.75) is 44.4 Å². The molecule has 10 heteroatoms. The number of benzene rings is 4. The molecule has 240 valence electrons. The normalized spacial score (nSPS) is 14.2. The number of alkyl halides is 3. The Morgan fingerprint density at radius 2 is 1.51 bits per heavy atom. The van der Waals surface area contributed by atoms with Gasteiger partial charge in [-0.2, -0.15) is 13.2 Å². The van der Waals surface area contributed by atoms with Crippen LogP contribution in [-0.2, 0) is 25.9 Å². The monoisotopic (exact) mass is 640 g/mol. The minimum absolute atomic E-state index is 0.183. The van der Waals surface area contributed by atoms with Crippen molar-refractivity contribution in [2.75, 3.05) is 11.9 Å². The molecule has 1 amide bonds. The number of aromatic nitrogens is 1. The number of hydrogen-bond donors (Lipinski definition) is 1. The van der Waals surface area contributed by atoms with Crippen LogP contribution in [-0.4, -0.2) is 23.8 Å². The second-order valence-electron chi connectivity index (χ2n) is 11.4. The highest BCUT2D eigenvalue weighted by Crippen LogP contribution is 2.49. The zero-order chi connectivity index (χ0) is 33.2. The van der Waals surface area contributed by atoms with Crippen molar-refractivity contribution >= 4 is 17.7 Å². The number of esters is 1. The summed E-state index contributed by atoms with van der Waals surface area (Å²) in [7, 11) is 0. The maximum absolute atomic E-state index is 13.2. The second-order valence-corrected chi connectivity index (χ2v) is 11.4. The van der Waals surface area contributed by atoms with E-state index < -0.39 is 29.4 Å². The number of hydrogen-bond acceptors (Lipinski definition) is 6. The number of ether oxygens (including phenoxy) is 2. The van der Waals surface area contributed by atoms with Crippen LogP contribution in [0.4, 0.5) is 23.7 Å². The van der Waals surface area contributed by atoms with Crippen molar-refractivity contribution in [2.24, 2.45) is 0 Å². The molecule has 6 rings (SSSR count). The molecule has 1 aromatic heterocycles. The Kier molecular flexibility index (Phi) is 8.60. The molecule has 47 heavy (non-hydrogen) atoms. The first-order valence-electron chi connectivity index (χ1n) is 15.2. The lowest BCUT2D eigenvalue weighted by molar-refractivity contribution is -0.146. The maximum atomic E-state index is 13.2. The first kappa shape index (κ1) is 31.6. The van der Waals surface area contributed by atoms with E-state index in [2.05, 4.69) is 10.5 Å². The molecule has 0 radical (unpaired) electrons. The second kappa shape index (κ2) is 12.8. The highest BCUT2D eigenvalue weighted by molar-refractivity contribution is 5.96. The molecule has 1 saturated carbocycles. The summed E-state index contributed by atoms with van der Waals surface area (Å²) in [5, 5.41) is 6.95. The molecule has 1 atom stereocenters. The van der Waals surface area contributed by atoms with Gasteiger partial charge >= 0.3 is 18.2 Å². The van der Waals surface area contributed by atoms with Crippen molar-refractivity contribution in [3.05, 3.63) is 120 Å². The standard InChI is InChI=1S/C37H31F3N2O5/c1-3-45-34(43)36(20-21-36)29-18-16-25(17-19-29)24-12-14-27(15-13-24)33-32(31(42-47-33)26-8-5-4-6-9-26)41-35(44)46-23(2)28-10-7-11-30(22-28)37(38,39)40/h4-19,22-23H,3,20-21H2,1-2H3,(H,41,44). The lowest BCUT2D eigenvalue weighted by atomic mass is 9.93. The summed E-state index contributed by atoms with van der Waals surface area (Å²) in [4.78, 5) is 25.6. The number of nitrogens with one attached hydrogen (secondary N) is 1. The molecule has 0 aliphatic heterocycles. The van der Waals surface area contributed by atoms with Gasteiger partial charge in [0.25, 0.3) is 0 Å². The number of carbonyl (C=O) groups excluding carboxylic acids is 2. The van der Waals surface area contributed by atoms with E-state index in [4.69, 9.17) is 14.0 Å². The average molecular weight is 641 g/mol. The van der Waals surface area contributed by atoms with Gasteiger partial charge < -0.3 is 14.0 Å². The van der Waals surface area contributed by atoms with E-state index in [0.29, 0.717) is 23.4 Å². The summed E-state index contributed by atoms with van der Waals surface area (Å²) >= 11 is 0. The van der Waals surface area contributed by atoms with Crippen molar-refractivity contribution in [1.82, 2.24) is 5.16 Å². The Morgan fingerprint density at radius 1 is 0.872 bits per heavy atom. The molecule has 4 aromatic carbocycles. The van der Waals surface area contributed by atoms with Crippen molar-refractivity contribution in [3.8, 4) is 33.7 Å². The van der Waals surface area contributed by atoms with Crippen LogP contribution in [0, 0.1) is 0 Å². The van der Waals surface area contributed by atoms with E-state index in [1.807, 2.05) is 78.9 Å². The fraction of sp³-hybridized carbons (Fsp3) is 0.216. The SMILES string of the molecule is CCOC(=O)C1(c2ccc(-c3ccc(-c4onc(-c5ccccc5)c4NC(=O)OC(C)c4cccc(C(F)(F)F)c4)cc3)cc2)CC1. The Labute approximate surface area is 269 Å². The van der Waals surface area contributed by atoms with Crippen LogP contribution in [0.2, 0.25) is 0 Å². The summed E-state index contributed by atoms with van der Waals surface area (Å²) in [6.07, 6.45) is -4.84. The zero-order valence-electron chi connectivity index (χ0n) is 25.6. The Morgan fingerprint density at radius 3 is 2.13 bits per heavy atom. The Hall–Kier alpha value is -5.38. The van der Waals surface area contributed by atoms with E-state index >= 15 is 0 Å². The van der Waals surface area contributed by atoms with Gasteiger partial charge in [-0.15, -0.1) is 0 Å². The third-order valence-corrected chi connectivity index (χ3v) is 8.27.